The zero-order chi connectivity index (χ0) is 13.5. The van der Waals surface area contributed by atoms with Crippen molar-refractivity contribution in [2.75, 3.05) is 13.7 Å². The first-order valence-electron chi connectivity index (χ1n) is 7.67. The topological polar surface area (TPSA) is 21.3 Å². The summed E-state index contributed by atoms with van der Waals surface area (Å²) in [5, 5.41) is 3.69. The molecule has 2 nitrogen and oxygen atoms in total. The van der Waals surface area contributed by atoms with Crippen molar-refractivity contribution in [1.82, 2.24) is 5.32 Å². The highest BCUT2D eigenvalue weighted by atomic mass is 16.5. The monoisotopic (exact) mass is 261 g/mol. The van der Waals surface area contributed by atoms with Crippen LogP contribution in [0.3, 0.4) is 0 Å². The van der Waals surface area contributed by atoms with Gasteiger partial charge in [-0.3, -0.25) is 0 Å². The molecule has 1 N–H and O–H groups in total. The summed E-state index contributed by atoms with van der Waals surface area (Å²) in [6.07, 6.45) is 8.50. The minimum Gasteiger partial charge on any atom is -0.497 e. The van der Waals surface area contributed by atoms with Crippen molar-refractivity contribution in [2.24, 2.45) is 5.92 Å². The number of methoxy groups -OCH3 is 1. The Hall–Kier alpha value is -1.02. The SMILES string of the molecule is COc1cccc(C(C)NCC2CCCCCC2)c1. The molecule has 0 aliphatic heterocycles. The summed E-state index contributed by atoms with van der Waals surface area (Å²) >= 11 is 0. The summed E-state index contributed by atoms with van der Waals surface area (Å²) in [5.74, 6) is 1.82. The Morgan fingerprint density at radius 1 is 1.21 bits per heavy atom. The van der Waals surface area contributed by atoms with Crippen LogP contribution in [0.1, 0.15) is 57.1 Å². The molecule has 1 aromatic rings. The highest BCUT2D eigenvalue weighted by molar-refractivity contribution is 5.30. The van der Waals surface area contributed by atoms with Crippen molar-refractivity contribution < 1.29 is 4.74 Å². The molecule has 1 saturated carbocycles. The summed E-state index contributed by atoms with van der Waals surface area (Å²) < 4.78 is 5.29. The van der Waals surface area contributed by atoms with E-state index in [4.69, 9.17) is 4.74 Å². The fourth-order valence-corrected chi connectivity index (χ4v) is 2.94. The summed E-state index contributed by atoms with van der Waals surface area (Å²) in [6, 6.07) is 8.77. The number of ether oxygens (including phenoxy) is 1. The molecule has 0 aromatic heterocycles. The third-order valence-corrected chi connectivity index (χ3v) is 4.28. The number of hydrogen-bond donors (Lipinski definition) is 1. The van der Waals surface area contributed by atoms with E-state index in [-0.39, 0.29) is 0 Å². The highest BCUT2D eigenvalue weighted by Gasteiger charge is 2.13. The van der Waals surface area contributed by atoms with Gasteiger partial charge in [-0.1, -0.05) is 37.8 Å². The van der Waals surface area contributed by atoms with Crippen molar-refractivity contribution in [3.63, 3.8) is 0 Å². The normalized spacial score (nSPS) is 18.8. The molecule has 0 amide bonds. The predicted molar refractivity (Wildman–Crippen MR) is 80.6 cm³/mol. The van der Waals surface area contributed by atoms with Crippen molar-refractivity contribution in [2.45, 2.75) is 51.5 Å². The van der Waals surface area contributed by atoms with Gasteiger partial charge >= 0.3 is 0 Å². The molecular weight excluding hydrogens is 234 g/mol. The average molecular weight is 261 g/mol. The lowest BCUT2D eigenvalue weighted by Gasteiger charge is -2.20. The smallest absolute Gasteiger partial charge is 0.119 e. The largest absolute Gasteiger partial charge is 0.497 e. The van der Waals surface area contributed by atoms with Gasteiger partial charge in [0, 0.05) is 6.04 Å². The Labute approximate surface area is 117 Å². The van der Waals surface area contributed by atoms with Gasteiger partial charge in [-0.2, -0.15) is 0 Å². The van der Waals surface area contributed by atoms with Crippen molar-refractivity contribution in [3.05, 3.63) is 29.8 Å². The molecule has 2 heteroatoms. The molecule has 1 atom stereocenters. The first kappa shape index (κ1) is 14.4. The minimum absolute atomic E-state index is 0.401. The van der Waals surface area contributed by atoms with Crippen molar-refractivity contribution in [3.8, 4) is 5.75 Å². The Morgan fingerprint density at radius 3 is 2.63 bits per heavy atom. The van der Waals surface area contributed by atoms with E-state index in [1.54, 1.807) is 7.11 Å². The number of nitrogens with one attached hydrogen (secondary N) is 1. The van der Waals surface area contributed by atoms with E-state index >= 15 is 0 Å². The number of hydrogen-bond acceptors (Lipinski definition) is 2. The van der Waals surface area contributed by atoms with Gasteiger partial charge in [0.2, 0.25) is 0 Å². The van der Waals surface area contributed by atoms with E-state index in [9.17, 15) is 0 Å². The Morgan fingerprint density at radius 2 is 1.95 bits per heavy atom. The van der Waals surface area contributed by atoms with Gasteiger partial charge in [0.05, 0.1) is 7.11 Å². The molecule has 2 rings (SSSR count). The molecule has 1 aromatic carbocycles. The Kier molecular flexibility index (Phi) is 5.71. The molecule has 0 saturated heterocycles. The van der Waals surface area contributed by atoms with E-state index < -0.39 is 0 Å². The van der Waals surface area contributed by atoms with Crippen LogP contribution in [-0.4, -0.2) is 13.7 Å². The van der Waals surface area contributed by atoms with Crippen LogP contribution in [0.25, 0.3) is 0 Å². The van der Waals surface area contributed by atoms with E-state index in [2.05, 4.69) is 30.4 Å². The minimum atomic E-state index is 0.401. The standard InChI is InChI=1S/C17H27NO/c1-14(16-10-7-11-17(12-16)19-2)18-13-15-8-5-3-4-6-9-15/h7,10-12,14-15,18H,3-6,8-9,13H2,1-2H3. The fraction of sp³-hybridized carbons (Fsp3) is 0.647. The third kappa shape index (κ3) is 4.54. The average Bonchev–Trinajstić information content (AvgIpc) is 2.73. The molecule has 0 radical (unpaired) electrons. The lowest BCUT2D eigenvalue weighted by atomic mass is 9.99. The summed E-state index contributed by atoms with van der Waals surface area (Å²) in [4.78, 5) is 0. The number of benzene rings is 1. The van der Waals surface area contributed by atoms with Gasteiger partial charge in [-0.15, -0.1) is 0 Å². The maximum absolute atomic E-state index is 5.29. The second-order valence-electron chi connectivity index (χ2n) is 5.76. The molecule has 0 spiro atoms. The molecule has 0 heterocycles. The quantitative estimate of drug-likeness (QED) is 0.797. The van der Waals surface area contributed by atoms with Crippen LogP contribution in [0, 0.1) is 5.92 Å². The second kappa shape index (κ2) is 7.54. The molecular formula is C17H27NO. The van der Waals surface area contributed by atoms with Gasteiger partial charge < -0.3 is 10.1 Å². The maximum Gasteiger partial charge on any atom is 0.119 e. The van der Waals surface area contributed by atoms with Gasteiger partial charge in [0.1, 0.15) is 5.75 Å². The van der Waals surface area contributed by atoms with Crippen LogP contribution in [0.2, 0.25) is 0 Å². The van der Waals surface area contributed by atoms with Crippen LogP contribution >= 0.6 is 0 Å². The van der Waals surface area contributed by atoms with Crippen LogP contribution in [0.4, 0.5) is 0 Å². The van der Waals surface area contributed by atoms with Crippen molar-refractivity contribution >= 4 is 0 Å². The van der Waals surface area contributed by atoms with Gasteiger partial charge in [-0.25, -0.2) is 0 Å². The molecule has 1 unspecified atom stereocenters. The van der Waals surface area contributed by atoms with E-state index in [1.807, 2.05) is 6.07 Å². The molecule has 1 aliphatic carbocycles. The second-order valence-corrected chi connectivity index (χ2v) is 5.76. The molecule has 0 bridgehead atoms. The zero-order valence-electron chi connectivity index (χ0n) is 12.3. The van der Waals surface area contributed by atoms with Crippen LogP contribution < -0.4 is 10.1 Å². The first-order valence-corrected chi connectivity index (χ1v) is 7.67. The van der Waals surface area contributed by atoms with Crippen LogP contribution in [-0.2, 0) is 0 Å². The van der Waals surface area contributed by atoms with Crippen molar-refractivity contribution in [1.29, 1.82) is 0 Å². The van der Waals surface area contributed by atoms with E-state index in [0.29, 0.717) is 6.04 Å². The zero-order valence-corrected chi connectivity index (χ0v) is 12.3. The third-order valence-electron chi connectivity index (χ3n) is 4.28. The summed E-state index contributed by atoms with van der Waals surface area (Å²) in [5.41, 5.74) is 1.31. The summed E-state index contributed by atoms with van der Waals surface area (Å²) in [7, 11) is 1.72. The lowest BCUT2D eigenvalue weighted by molar-refractivity contribution is 0.399. The number of rotatable bonds is 5. The first-order chi connectivity index (χ1) is 9.29. The molecule has 106 valence electrons. The maximum atomic E-state index is 5.29. The fourth-order valence-electron chi connectivity index (χ4n) is 2.94. The molecule has 19 heavy (non-hydrogen) atoms. The molecule has 1 fully saturated rings. The van der Waals surface area contributed by atoms with Gasteiger partial charge in [-0.05, 0) is 49.9 Å². The van der Waals surface area contributed by atoms with E-state index in [0.717, 1.165) is 18.2 Å². The highest BCUT2D eigenvalue weighted by Crippen LogP contribution is 2.24. The van der Waals surface area contributed by atoms with Gasteiger partial charge in [0.25, 0.3) is 0 Å². The lowest BCUT2D eigenvalue weighted by Crippen LogP contribution is -2.25. The van der Waals surface area contributed by atoms with Crippen LogP contribution in [0.5, 0.6) is 5.75 Å². The Balaban J connectivity index is 1.84. The van der Waals surface area contributed by atoms with Gasteiger partial charge in [0.15, 0.2) is 0 Å². The summed E-state index contributed by atoms with van der Waals surface area (Å²) in [6.45, 7) is 3.39. The predicted octanol–water partition coefficient (Wildman–Crippen LogP) is 4.32. The molecule has 1 aliphatic rings. The van der Waals surface area contributed by atoms with Crippen LogP contribution in [0.15, 0.2) is 24.3 Å². The van der Waals surface area contributed by atoms with E-state index in [1.165, 1.54) is 44.1 Å². The Bertz CT molecular complexity index is 369.